The lowest BCUT2D eigenvalue weighted by Crippen LogP contribution is -2.43. The number of hydrogen-bond donors (Lipinski definition) is 3. The van der Waals surface area contributed by atoms with E-state index in [1.54, 1.807) is 42.5 Å². The number of amides is 1. The molecule has 0 aliphatic heterocycles. The van der Waals surface area contributed by atoms with Crippen molar-refractivity contribution in [3.05, 3.63) is 64.9 Å². The highest BCUT2D eigenvalue weighted by Crippen LogP contribution is 2.14. The quantitative estimate of drug-likeness (QED) is 0.583. The number of carbonyl (C=O) groups excluding carboxylic acids is 1. The summed E-state index contributed by atoms with van der Waals surface area (Å²) < 4.78 is 13.4. The number of rotatable bonds is 4. The second kappa shape index (κ2) is 8.45. The van der Waals surface area contributed by atoms with Crippen molar-refractivity contribution < 1.29 is 9.18 Å². The number of anilines is 1. The van der Waals surface area contributed by atoms with Gasteiger partial charge in [0.25, 0.3) is 0 Å². The van der Waals surface area contributed by atoms with E-state index in [9.17, 15) is 9.18 Å². The predicted molar refractivity (Wildman–Crippen MR) is 93.7 cm³/mol. The van der Waals surface area contributed by atoms with Crippen LogP contribution in [0.1, 0.15) is 12.0 Å². The number of hydrazine groups is 1. The van der Waals surface area contributed by atoms with E-state index in [0.29, 0.717) is 22.7 Å². The van der Waals surface area contributed by atoms with Gasteiger partial charge in [-0.3, -0.25) is 15.6 Å². The molecule has 0 radical (unpaired) electrons. The van der Waals surface area contributed by atoms with Crippen LogP contribution in [0.2, 0.25) is 5.02 Å². The summed E-state index contributed by atoms with van der Waals surface area (Å²) >= 11 is 10.9. The molecule has 3 N–H and O–H groups in total. The lowest BCUT2D eigenvalue weighted by atomic mass is 10.1. The molecule has 0 atom stereocenters. The Morgan fingerprint density at radius 3 is 2.65 bits per heavy atom. The molecule has 0 aliphatic carbocycles. The van der Waals surface area contributed by atoms with Gasteiger partial charge in [-0.25, -0.2) is 4.39 Å². The zero-order valence-corrected chi connectivity index (χ0v) is 13.7. The van der Waals surface area contributed by atoms with Crippen molar-refractivity contribution in [3.8, 4) is 0 Å². The minimum absolute atomic E-state index is 0.147. The second-order valence-electron chi connectivity index (χ2n) is 4.73. The summed E-state index contributed by atoms with van der Waals surface area (Å²) in [4.78, 5) is 11.7. The molecule has 1 amide bonds. The van der Waals surface area contributed by atoms with E-state index in [4.69, 9.17) is 23.8 Å². The van der Waals surface area contributed by atoms with E-state index >= 15 is 0 Å². The summed E-state index contributed by atoms with van der Waals surface area (Å²) in [5, 5.41) is 3.69. The normalized spacial score (nSPS) is 10.0. The van der Waals surface area contributed by atoms with Crippen LogP contribution >= 0.6 is 23.8 Å². The van der Waals surface area contributed by atoms with Crippen molar-refractivity contribution in [1.82, 2.24) is 10.9 Å². The molecular weight excluding hydrogens is 337 g/mol. The fourth-order valence-electron chi connectivity index (χ4n) is 1.87. The van der Waals surface area contributed by atoms with Gasteiger partial charge in [0.05, 0.1) is 0 Å². The average Bonchev–Trinajstić information content (AvgIpc) is 2.52. The van der Waals surface area contributed by atoms with Gasteiger partial charge in [0, 0.05) is 17.1 Å². The number of thiocarbonyl (C=S) groups is 1. The topological polar surface area (TPSA) is 53.2 Å². The van der Waals surface area contributed by atoms with E-state index < -0.39 is 0 Å². The van der Waals surface area contributed by atoms with Crippen LogP contribution < -0.4 is 16.2 Å². The van der Waals surface area contributed by atoms with Gasteiger partial charge in [0.2, 0.25) is 5.91 Å². The van der Waals surface area contributed by atoms with Crippen LogP contribution in [-0.4, -0.2) is 11.0 Å². The predicted octanol–water partition coefficient (Wildman–Crippen LogP) is 3.43. The molecule has 23 heavy (non-hydrogen) atoms. The van der Waals surface area contributed by atoms with Gasteiger partial charge in [0.1, 0.15) is 5.82 Å². The highest BCUT2D eigenvalue weighted by molar-refractivity contribution is 7.80. The summed E-state index contributed by atoms with van der Waals surface area (Å²) in [5.41, 5.74) is 6.25. The van der Waals surface area contributed by atoms with Crippen LogP contribution in [0.5, 0.6) is 0 Å². The molecule has 7 heteroatoms. The van der Waals surface area contributed by atoms with E-state index in [-0.39, 0.29) is 23.3 Å². The minimum atomic E-state index is -0.314. The Morgan fingerprint density at radius 1 is 1.13 bits per heavy atom. The maximum absolute atomic E-state index is 13.4. The molecule has 0 bridgehead atoms. The molecule has 0 unspecified atom stereocenters. The molecule has 2 rings (SSSR count). The Balaban J connectivity index is 1.74. The molecule has 0 fully saturated rings. The standard InChI is InChI=1S/C16H15ClFN3OS/c17-12-5-3-6-13(10-12)19-16(23)21-20-15(22)9-8-11-4-1-2-7-14(11)18/h1-7,10H,8-9H2,(H,20,22)(H2,19,21,23). The largest absolute Gasteiger partial charge is 0.331 e. The fraction of sp³-hybridized carbons (Fsp3) is 0.125. The van der Waals surface area contributed by atoms with Gasteiger partial charge in [-0.2, -0.15) is 0 Å². The number of nitrogens with one attached hydrogen (secondary N) is 3. The lowest BCUT2D eigenvalue weighted by molar-refractivity contribution is -0.121. The molecule has 2 aromatic rings. The maximum atomic E-state index is 13.4. The van der Waals surface area contributed by atoms with Gasteiger partial charge < -0.3 is 5.32 Å². The van der Waals surface area contributed by atoms with E-state index in [1.165, 1.54) is 6.07 Å². The van der Waals surface area contributed by atoms with E-state index in [0.717, 1.165) is 0 Å². The SMILES string of the molecule is O=C(CCc1ccccc1F)NNC(=S)Nc1cccc(Cl)c1. The van der Waals surface area contributed by atoms with Crippen molar-refractivity contribution in [2.75, 3.05) is 5.32 Å². The summed E-state index contributed by atoms with van der Waals surface area (Å²) in [6, 6.07) is 13.4. The first-order chi connectivity index (χ1) is 11.0. The van der Waals surface area contributed by atoms with Crippen molar-refractivity contribution in [2.24, 2.45) is 0 Å². The molecule has 4 nitrogen and oxygen atoms in total. The minimum Gasteiger partial charge on any atom is -0.331 e. The zero-order valence-electron chi connectivity index (χ0n) is 12.1. The Morgan fingerprint density at radius 2 is 1.91 bits per heavy atom. The molecule has 120 valence electrons. The number of halogens is 2. The van der Waals surface area contributed by atoms with Crippen LogP contribution in [0.25, 0.3) is 0 Å². The van der Waals surface area contributed by atoms with Gasteiger partial charge in [-0.05, 0) is 48.5 Å². The first-order valence-corrected chi connectivity index (χ1v) is 7.68. The Bertz CT molecular complexity index is 711. The molecule has 0 saturated carbocycles. The number of hydrogen-bond acceptors (Lipinski definition) is 2. The smallest absolute Gasteiger partial charge is 0.238 e. The molecular formula is C16H15ClFN3OS. The molecule has 0 heterocycles. The van der Waals surface area contributed by atoms with Crippen molar-refractivity contribution in [1.29, 1.82) is 0 Å². The van der Waals surface area contributed by atoms with Gasteiger partial charge in [-0.15, -0.1) is 0 Å². The molecule has 0 aliphatic rings. The van der Waals surface area contributed by atoms with Gasteiger partial charge in [0.15, 0.2) is 5.11 Å². The maximum Gasteiger partial charge on any atom is 0.238 e. The average molecular weight is 352 g/mol. The van der Waals surface area contributed by atoms with E-state index in [2.05, 4.69) is 16.2 Å². The number of carbonyl (C=O) groups is 1. The third kappa shape index (κ3) is 5.84. The van der Waals surface area contributed by atoms with Gasteiger partial charge in [-0.1, -0.05) is 35.9 Å². The molecule has 0 aromatic heterocycles. The van der Waals surface area contributed by atoms with Crippen molar-refractivity contribution in [3.63, 3.8) is 0 Å². The summed E-state index contributed by atoms with van der Waals surface area (Å²) in [7, 11) is 0. The molecule has 0 saturated heterocycles. The fourth-order valence-corrected chi connectivity index (χ4v) is 2.23. The lowest BCUT2D eigenvalue weighted by Gasteiger charge is -2.12. The molecule has 0 spiro atoms. The van der Waals surface area contributed by atoms with Crippen LogP contribution in [0.15, 0.2) is 48.5 Å². The van der Waals surface area contributed by atoms with Crippen molar-refractivity contribution >= 4 is 40.5 Å². The number of benzene rings is 2. The zero-order chi connectivity index (χ0) is 16.7. The summed E-state index contributed by atoms with van der Waals surface area (Å²) in [6.07, 6.45) is 0.461. The highest BCUT2D eigenvalue weighted by Gasteiger charge is 2.06. The Hall–Kier alpha value is -2.18. The van der Waals surface area contributed by atoms with E-state index in [1.807, 2.05) is 0 Å². The highest BCUT2D eigenvalue weighted by atomic mass is 35.5. The third-order valence-electron chi connectivity index (χ3n) is 2.98. The Kier molecular flexibility index (Phi) is 6.31. The monoisotopic (exact) mass is 351 g/mol. The second-order valence-corrected chi connectivity index (χ2v) is 5.57. The van der Waals surface area contributed by atoms with Crippen LogP contribution in [0.3, 0.4) is 0 Å². The summed E-state index contributed by atoms with van der Waals surface area (Å²) in [6.45, 7) is 0. The van der Waals surface area contributed by atoms with Crippen LogP contribution in [0, 0.1) is 5.82 Å². The third-order valence-corrected chi connectivity index (χ3v) is 3.42. The van der Waals surface area contributed by atoms with Crippen molar-refractivity contribution in [2.45, 2.75) is 12.8 Å². The Labute approximate surface area is 144 Å². The van der Waals surface area contributed by atoms with Crippen LogP contribution in [0.4, 0.5) is 10.1 Å². The van der Waals surface area contributed by atoms with Crippen LogP contribution in [-0.2, 0) is 11.2 Å². The first kappa shape index (κ1) is 17.2. The summed E-state index contributed by atoms with van der Waals surface area (Å²) in [5.74, 6) is -0.602. The molecule has 2 aromatic carbocycles. The first-order valence-electron chi connectivity index (χ1n) is 6.89. The number of aryl methyl sites for hydroxylation is 1. The van der Waals surface area contributed by atoms with Gasteiger partial charge >= 0.3 is 0 Å².